The van der Waals surface area contributed by atoms with Gasteiger partial charge in [0.15, 0.2) is 0 Å². The van der Waals surface area contributed by atoms with Crippen LogP contribution in [0.15, 0.2) is 29.4 Å². The first kappa shape index (κ1) is 36.4. The third-order valence-corrected chi connectivity index (χ3v) is 7.77. The molecule has 1 saturated carbocycles. The second-order valence-corrected chi connectivity index (χ2v) is 11.5. The lowest BCUT2D eigenvalue weighted by molar-refractivity contribution is -0.138. The molecule has 1 saturated heterocycles. The van der Waals surface area contributed by atoms with Crippen molar-refractivity contribution in [2.24, 2.45) is 34.0 Å². The molecular weight excluding hydrogens is 512 g/mol. The van der Waals surface area contributed by atoms with E-state index in [1.807, 2.05) is 30.9 Å². The van der Waals surface area contributed by atoms with Crippen LogP contribution in [-0.4, -0.2) is 61.7 Å². The molecule has 0 bridgehead atoms. The highest BCUT2D eigenvalue weighted by Gasteiger charge is 2.39. The number of hydrazine groups is 1. The van der Waals surface area contributed by atoms with Crippen LogP contribution in [0.25, 0.3) is 0 Å². The highest BCUT2D eigenvalue weighted by molar-refractivity contribution is 6.30. The molecule has 2 unspecified atom stereocenters. The van der Waals surface area contributed by atoms with Crippen LogP contribution in [0.1, 0.15) is 77.7 Å². The molecule has 3 rings (SSSR count). The van der Waals surface area contributed by atoms with E-state index < -0.39 is 0 Å². The summed E-state index contributed by atoms with van der Waals surface area (Å²) in [6.45, 7) is 12.3. The van der Waals surface area contributed by atoms with Crippen LogP contribution in [-0.2, 0) is 9.59 Å². The molecule has 1 aliphatic carbocycles. The smallest absolute Gasteiger partial charge is 0.239 e. The molecule has 1 heterocycles. The first-order valence-corrected chi connectivity index (χ1v) is 14.0. The number of piperidine rings is 1. The molecule has 1 aliphatic heterocycles. The van der Waals surface area contributed by atoms with Crippen molar-refractivity contribution in [3.63, 3.8) is 0 Å². The quantitative estimate of drug-likeness (QED) is 0.158. The van der Waals surface area contributed by atoms with Crippen molar-refractivity contribution in [1.29, 1.82) is 0 Å². The third kappa shape index (κ3) is 11.2. The number of rotatable bonds is 5. The molecule has 2 atom stereocenters. The van der Waals surface area contributed by atoms with Crippen LogP contribution in [0.2, 0.25) is 5.02 Å². The maximum absolute atomic E-state index is 12.8. The number of amidine groups is 1. The van der Waals surface area contributed by atoms with Crippen molar-refractivity contribution >= 4 is 30.1 Å². The molecule has 0 spiro atoms. The van der Waals surface area contributed by atoms with E-state index in [1.54, 1.807) is 7.05 Å². The fraction of sp³-hybridized carbons (Fsp3) is 0.633. The van der Waals surface area contributed by atoms with E-state index in [0.717, 1.165) is 30.4 Å². The summed E-state index contributed by atoms with van der Waals surface area (Å²) in [4.78, 5) is 22.8. The minimum absolute atomic E-state index is 0.0526. The number of hydrogen-bond donors (Lipinski definition) is 3. The number of nitrogens with two attached hydrogens (primary N) is 2. The molecule has 5 N–H and O–H groups in total. The highest BCUT2D eigenvalue weighted by Crippen LogP contribution is 2.42. The Morgan fingerprint density at radius 2 is 1.69 bits per heavy atom. The molecule has 2 aliphatic rings. The zero-order valence-electron chi connectivity index (χ0n) is 24.8. The Kier molecular flexibility index (Phi) is 17.4. The van der Waals surface area contributed by atoms with Gasteiger partial charge in [-0.25, -0.2) is 5.84 Å². The Hall–Kier alpha value is -2.60. The topological polar surface area (TPSA) is 117 Å². The van der Waals surface area contributed by atoms with Gasteiger partial charge in [0, 0.05) is 31.1 Å². The normalized spacial score (nSPS) is 19.7. The molecule has 0 aromatic heterocycles. The van der Waals surface area contributed by atoms with Gasteiger partial charge in [0.05, 0.1) is 6.04 Å². The van der Waals surface area contributed by atoms with E-state index in [4.69, 9.17) is 28.1 Å². The van der Waals surface area contributed by atoms with Gasteiger partial charge in [0.25, 0.3) is 0 Å². The summed E-state index contributed by atoms with van der Waals surface area (Å²) >= 11 is 6.01. The molecule has 8 nitrogen and oxygen atoms in total. The van der Waals surface area contributed by atoms with Crippen LogP contribution in [0.4, 0.5) is 0 Å². The van der Waals surface area contributed by atoms with Crippen molar-refractivity contribution in [3.05, 3.63) is 34.9 Å². The fourth-order valence-electron chi connectivity index (χ4n) is 5.64. The van der Waals surface area contributed by atoms with Gasteiger partial charge in [-0.15, -0.1) is 12.8 Å². The summed E-state index contributed by atoms with van der Waals surface area (Å²) in [6.07, 6.45) is 15.2. The third-order valence-electron chi connectivity index (χ3n) is 7.52. The average Bonchev–Trinajstić information content (AvgIpc) is 2.92. The van der Waals surface area contributed by atoms with Gasteiger partial charge in [-0.3, -0.25) is 9.80 Å². The molecule has 0 radical (unpaired) electrons. The number of terminal acetylenes is 1. The molecule has 220 valence electrons. The van der Waals surface area contributed by atoms with Crippen molar-refractivity contribution in [1.82, 2.24) is 15.2 Å². The molecule has 2 fully saturated rings. The maximum Gasteiger partial charge on any atom is 0.239 e. The minimum Gasteiger partial charge on any atom is -0.341 e. The summed E-state index contributed by atoms with van der Waals surface area (Å²) < 4.78 is 0. The van der Waals surface area contributed by atoms with Crippen molar-refractivity contribution in [2.75, 3.05) is 27.2 Å². The van der Waals surface area contributed by atoms with Gasteiger partial charge < -0.3 is 20.9 Å². The summed E-state index contributed by atoms with van der Waals surface area (Å²) in [5, 5.41) is 9.21. The number of carbonyl (C=O) groups is 2. The Balaban J connectivity index is 0.000000759. The summed E-state index contributed by atoms with van der Waals surface area (Å²) in [6, 6.07) is 8.06. The Morgan fingerprint density at radius 1 is 1.15 bits per heavy atom. The number of likely N-dealkylation sites (N-methyl/N-ethyl adjacent to an activating group) is 1. The second kappa shape index (κ2) is 18.6. The Bertz CT molecular complexity index is 879. The monoisotopic (exact) mass is 562 g/mol. The molecule has 1 amide bonds. The molecule has 1 aromatic carbocycles. The minimum atomic E-state index is -0.0992. The SMILES string of the molecule is C#C.C=O.CN(N)/C(=N\N)C1CCCCC1.CNC(C(=O)N1CCC(c2ccc(Cl)cc2)C(C)(C)C1)C(C)C. The number of hydrogen-bond acceptors (Lipinski definition) is 6. The van der Waals surface area contributed by atoms with E-state index in [2.05, 4.69) is 63.1 Å². The standard InChI is InChI=1S/C19H29ClN2O.C8H18N4.C2H2.CH2O/c1-13(2)17(21-5)18(23)22-11-10-16(19(3,4)12-22)14-6-8-15(20)9-7-14;1-12(10)8(11-9)7-5-3-2-4-6-7;2*1-2/h6-9,13,16-17,21H,10-12H2,1-5H3;7H,2-6,9-10H2,1H3;1-2H;1H2/b;11-8-;;. The molecular formula is C30H51ClN6O2. The first-order valence-electron chi connectivity index (χ1n) is 13.6. The summed E-state index contributed by atoms with van der Waals surface area (Å²) in [5.74, 6) is 13.2. The van der Waals surface area contributed by atoms with E-state index in [9.17, 15) is 4.79 Å². The van der Waals surface area contributed by atoms with Gasteiger partial charge in [0.2, 0.25) is 5.91 Å². The number of carbonyl (C=O) groups excluding carboxylic acids is 2. The van der Waals surface area contributed by atoms with Crippen LogP contribution in [0.5, 0.6) is 0 Å². The highest BCUT2D eigenvalue weighted by atomic mass is 35.5. The molecule has 39 heavy (non-hydrogen) atoms. The van der Waals surface area contributed by atoms with Crippen molar-refractivity contribution < 1.29 is 9.59 Å². The lowest BCUT2D eigenvalue weighted by atomic mass is 9.70. The van der Waals surface area contributed by atoms with Gasteiger partial charge >= 0.3 is 0 Å². The van der Waals surface area contributed by atoms with Crippen LogP contribution in [0.3, 0.4) is 0 Å². The summed E-state index contributed by atoms with van der Waals surface area (Å²) in [7, 11) is 3.66. The zero-order chi connectivity index (χ0) is 30.2. The molecule has 1 aromatic rings. The van der Waals surface area contributed by atoms with Gasteiger partial charge in [-0.2, -0.15) is 5.10 Å². The predicted molar refractivity (Wildman–Crippen MR) is 164 cm³/mol. The van der Waals surface area contributed by atoms with Gasteiger partial charge in [-0.1, -0.05) is 70.7 Å². The average molecular weight is 563 g/mol. The maximum atomic E-state index is 12.8. The van der Waals surface area contributed by atoms with Gasteiger partial charge in [0.1, 0.15) is 12.6 Å². The number of benzene rings is 1. The number of nitrogens with one attached hydrogen (secondary N) is 1. The number of nitrogens with zero attached hydrogens (tertiary/aromatic N) is 3. The Labute approximate surface area is 241 Å². The number of amides is 1. The largest absolute Gasteiger partial charge is 0.341 e. The lowest BCUT2D eigenvalue weighted by Crippen LogP contribution is -2.54. The zero-order valence-corrected chi connectivity index (χ0v) is 25.6. The van der Waals surface area contributed by atoms with Crippen molar-refractivity contribution in [3.8, 4) is 12.8 Å². The van der Waals surface area contributed by atoms with Crippen LogP contribution >= 0.6 is 11.6 Å². The van der Waals surface area contributed by atoms with Crippen molar-refractivity contribution in [2.45, 2.75) is 78.2 Å². The Morgan fingerprint density at radius 3 is 2.10 bits per heavy atom. The van der Waals surface area contributed by atoms with Crippen LogP contribution in [0, 0.1) is 30.1 Å². The molecule has 9 heteroatoms. The number of halogens is 1. The van der Waals surface area contributed by atoms with E-state index in [0.29, 0.717) is 17.8 Å². The number of likely N-dealkylation sites (tertiary alicyclic amines) is 1. The second-order valence-electron chi connectivity index (χ2n) is 11.1. The number of hydrazone groups is 1. The van der Waals surface area contributed by atoms with E-state index in [1.165, 1.54) is 42.7 Å². The van der Waals surface area contributed by atoms with E-state index >= 15 is 0 Å². The van der Waals surface area contributed by atoms with Gasteiger partial charge in [-0.05, 0) is 61.3 Å². The fourth-order valence-corrected chi connectivity index (χ4v) is 5.77. The first-order chi connectivity index (χ1) is 18.5. The predicted octanol–water partition coefficient (Wildman–Crippen LogP) is 4.64. The van der Waals surface area contributed by atoms with E-state index in [-0.39, 0.29) is 17.4 Å². The van der Waals surface area contributed by atoms with Crippen LogP contribution < -0.4 is 17.0 Å². The summed E-state index contributed by atoms with van der Waals surface area (Å²) in [5.41, 5.74) is 1.37. The lowest BCUT2D eigenvalue weighted by Gasteiger charge is -2.45.